The Morgan fingerprint density at radius 3 is 3.09 bits per heavy atom. The summed E-state index contributed by atoms with van der Waals surface area (Å²) < 4.78 is 0. The fourth-order valence-electron chi connectivity index (χ4n) is 2.86. The van der Waals surface area contributed by atoms with Crippen molar-refractivity contribution >= 4 is 17.2 Å². The van der Waals surface area contributed by atoms with Crippen LogP contribution in [0.1, 0.15) is 45.6 Å². The van der Waals surface area contributed by atoms with E-state index in [2.05, 4.69) is 27.2 Å². The van der Waals surface area contributed by atoms with Gasteiger partial charge in [-0.05, 0) is 44.8 Å². The molecule has 1 N–H and O–H groups in total. The van der Waals surface area contributed by atoms with Crippen molar-refractivity contribution < 1.29 is 4.79 Å². The summed E-state index contributed by atoms with van der Waals surface area (Å²) in [6.45, 7) is 3.47. The maximum atomic E-state index is 12.1. The molecule has 0 spiro atoms. The fraction of sp³-hybridized carbons (Fsp3) is 0.438. The minimum atomic E-state index is -0.0405. The third-order valence-electron chi connectivity index (χ3n) is 4.04. The molecule has 6 heteroatoms. The van der Waals surface area contributed by atoms with Gasteiger partial charge in [0, 0.05) is 18.3 Å². The van der Waals surface area contributed by atoms with Gasteiger partial charge in [-0.3, -0.25) is 9.69 Å². The first-order chi connectivity index (χ1) is 10.6. The first kappa shape index (κ1) is 15.1. The zero-order chi connectivity index (χ0) is 15.5. The molecule has 0 aliphatic carbocycles. The average molecular weight is 316 g/mol. The Hall–Kier alpha value is -1.79. The van der Waals surface area contributed by atoms with Crippen LogP contribution >= 0.6 is 11.3 Å². The van der Waals surface area contributed by atoms with Gasteiger partial charge in [0.15, 0.2) is 0 Å². The van der Waals surface area contributed by atoms with Crippen LogP contribution in [0.15, 0.2) is 23.7 Å². The van der Waals surface area contributed by atoms with Gasteiger partial charge in [-0.1, -0.05) is 6.07 Å². The van der Waals surface area contributed by atoms with Crippen LogP contribution in [-0.2, 0) is 6.54 Å². The third-order valence-corrected chi connectivity index (χ3v) is 4.91. The Morgan fingerprint density at radius 1 is 1.55 bits per heavy atom. The normalized spacial score (nSPS) is 18.5. The van der Waals surface area contributed by atoms with E-state index in [1.54, 1.807) is 0 Å². The van der Waals surface area contributed by atoms with Crippen LogP contribution in [0, 0.1) is 6.92 Å². The first-order valence-corrected chi connectivity index (χ1v) is 8.37. The lowest BCUT2D eigenvalue weighted by Gasteiger charge is -2.21. The number of aryl methyl sites for hydroxylation is 1. The van der Waals surface area contributed by atoms with Crippen molar-refractivity contribution in [3.63, 3.8) is 0 Å². The molecule has 1 amide bonds. The summed E-state index contributed by atoms with van der Waals surface area (Å²) in [5.74, 6) is 0.741. The molecular weight excluding hydrogens is 296 g/mol. The second-order valence-corrected chi connectivity index (χ2v) is 6.57. The van der Waals surface area contributed by atoms with Gasteiger partial charge in [0.2, 0.25) is 0 Å². The van der Waals surface area contributed by atoms with Gasteiger partial charge in [0.1, 0.15) is 5.82 Å². The highest BCUT2D eigenvalue weighted by Gasteiger charge is 2.26. The van der Waals surface area contributed by atoms with E-state index >= 15 is 0 Å². The molecule has 2 aromatic heterocycles. The van der Waals surface area contributed by atoms with Crippen molar-refractivity contribution in [2.75, 3.05) is 13.6 Å². The molecule has 116 valence electrons. The summed E-state index contributed by atoms with van der Waals surface area (Å²) in [5.41, 5.74) is 2.06. The van der Waals surface area contributed by atoms with Gasteiger partial charge in [-0.25, -0.2) is 9.97 Å². The molecule has 0 bridgehead atoms. The molecule has 0 saturated carbocycles. The van der Waals surface area contributed by atoms with E-state index in [0.29, 0.717) is 12.6 Å². The number of nitrogens with zero attached hydrogens (tertiary/aromatic N) is 3. The van der Waals surface area contributed by atoms with Crippen molar-refractivity contribution in [2.45, 2.75) is 32.4 Å². The van der Waals surface area contributed by atoms with Crippen LogP contribution in [0.5, 0.6) is 0 Å². The van der Waals surface area contributed by atoms with Gasteiger partial charge < -0.3 is 5.32 Å². The fourth-order valence-corrected chi connectivity index (χ4v) is 3.50. The summed E-state index contributed by atoms with van der Waals surface area (Å²) in [6, 6.07) is 4.04. The second-order valence-electron chi connectivity index (χ2n) is 5.63. The maximum Gasteiger partial charge on any atom is 0.261 e. The summed E-state index contributed by atoms with van der Waals surface area (Å²) in [6.07, 6.45) is 4.14. The highest BCUT2D eigenvalue weighted by Crippen LogP contribution is 2.31. The number of carbonyl (C=O) groups is 1. The number of carbonyl (C=O) groups excluding carboxylic acids is 1. The number of likely N-dealkylation sites (tertiary alicyclic amines) is 1. The Morgan fingerprint density at radius 2 is 2.41 bits per heavy atom. The highest BCUT2D eigenvalue weighted by molar-refractivity contribution is 7.12. The Bertz CT molecular complexity index is 656. The predicted octanol–water partition coefficient (Wildman–Crippen LogP) is 2.54. The molecule has 0 aromatic carbocycles. The summed E-state index contributed by atoms with van der Waals surface area (Å²) in [5, 5.41) is 4.88. The molecule has 3 heterocycles. The van der Waals surface area contributed by atoms with E-state index < -0.39 is 0 Å². The van der Waals surface area contributed by atoms with Crippen molar-refractivity contribution in [2.24, 2.45) is 0 Å². The van der Waals surface area contributed by atoms with Crippen molar-refractivity contribution in [3.8, 4) is 0 Å². The quantitative estimate of drug-likeness (QED) is 0.942. The topological polar surface area (TPSA) is 58.1 Å². The van der Waals surface area contributed by atoms with Crippen molar-refractivity contribution in [1.29, 1.82) is 0 Å². The lowest BCUT2D eigenvalue weighted by Crippen LogP contribution is -2.25. The minimum Gasteiger partial charge on any atom is -0.347 e. The number of rotatable bonds is 4. The number of nitrogens with one attached hydrogen (secondary N) is 1. The third kappa shape index (κ3) is 3.18. The van der Waals surface area contributed by atoms with Gasteiger partial charge in [0.05, 0.1) is 16.6 Å². The molecule has 1 aliphatic heterocycles. The van der Waals surface area contributed by atoms with Crippen LogP contribution in [-0.4, -0.2) is 34.4 Å². The van der Waals surface area contributed by atoms with Gasteiger partial charge in [-0.15, -0.1) is 11.3 Å². The van der Waals surface area contributed by atoms with Gasteiger partial charge in [-0.2, -0.15) is 0 Å². The number of hydrogen-bond donors (Lipinski definition) is 1. The lowest BCUT2D eigenvalue weighted by atomic mass is 10.1. The standard InChI is InChI=1S/C16H20N4OS/c1-11-17-9-12(10-18-16(21)14-6-4-8-22-14)15(19-11)13-5-3-7-20(13)2/h4,6,8-9,13H,3,5,7,10H2,1-2H3,(H,18,21)/t13-/m0/s1. The van der Waals surface area contributed by atoms with E-state index in [4.69, 9.17) is 0 Å². The number of aromatic nitrogens is 2. The van der Waals surface area contributed by atoms with Crippen LogP contribution in [0.4, 0.5) is 0 Å². The van der Waals surface area contributed by atoms with E-state index in [1.807, 2.05) is 30.6 Å². The lowest BCUT2D eigenvalue weighted by molar-refractivity contribution is 0.0954. The molecule has 3 rings (SSSR count). The van der Waals surface area contributed by atoms with E-state index in [1.165, 1.54) is 17.8 Å². The SMILES string of the molecule is Cc1ncc(CNC(=O)c2cccs2)c([C@@H]2CCCN2C)n1. The highest BCUT2D eigenvalue weighted by atomic mass is 32.1. The Labute approximate surface area is 134 Å². The number of thiophene rings is 1. The van der Waals surface area contributed by atoms with Crippen LogP contribution in [0.2, 0.25) is 0 Å². The van der Waals surface area contributed by atoms with Crippen LogP contribution < -0.4 is 5.32 Å². The number of hydrogen-bond acceptors (Lipinski definition) is 5. The average Bonchev–Trinajstić information content (AvgIpc) is 3.17. The number of amides is 1. The minimum absolute atomic E-state index is 0.0405. The van der Waals surface area contributed by atoms with E-state index in [9.17, 15) is 4.79 Å². The van der Waals surface area contributed by atoms with Crippen LogP contribution in [0.25, 0.3) is 0 Å². The predicted molar refractivity (Wildman–Crippen MR) is 86.9 cm³/mol. The van der Waals surface area contributed by atoms with Crippen molar-refractivity contribution in [3.05, 3.63) is 45.7 Å². The smallest absolute Gasteiger partial charge is 0.261 e. The van der Waals surface area contributed by atoms with Gasteiger partial charge >= 0.3 is 0 Å². The van der Waals surface area contributed by atoms with Crippen molar-refractivity contribution in [1.82, 2.24) is 20.2 Å². The monoisotopic (exact) mass is 316 g/mol. The molecule has 0 unspecified atom stereocenters. The molecule has 1 fully saturated rings. The molecule has 0 radical (unpaired) electrons. The zero-order valence-electron chi connectivity index (χ0n) is 12.9. The Kier molecular flexibility index (Phi) is 4.49. The van der Waals surface area contributed by atoms with Crippen LogP contribution in [0.3, 0.4) is 0 Å². The van der Waals surface area contributed by atoms with E-state index in [-0.39, 0.29) is 5.91 Å². The molecule has 1 atom stereocenters. The molecule has 1 saturated heterocycles. The first-order valence-electron chi connectivity index (χ1n) is 7.49. The Balaban J connectivity index is 1.77. The van der Waals surface area contributed by atoms with Gasteiger partial charge in [0.25, 0.3) is 5.91 Å². The zero-order valence-corrected chi connectivity index (χ0v) is 13.7. The summed E-state index contributed by atoms with van der Waals surface area (Å²) in [7, 11) is 2.13. The molecule has 1 aliphatic rings. The summed E-state index contributed by atoms with van der Waals surface area (Å²) >= 11 is 1.45. The molecular formula is C16H20N4OS. The molecule has 2 aromatic rings. The second kappa shape index (κ2) is 6.54. The van der Waals surface area contributed by atoms with E-state index in [0.717, 1.165) is 34.9 Å². The largest absolute Gasteiger partial charge is 0.347 e. The molecule has 22 heavy (non-hydrogen) atoms. The molecule has 5 nitrogen and oxygen atoms in total. The maximum absolute atomic E-state index is 12.1. The summed E-state index contributed by atoms with van der Waals surface area (Å²) in [4.78, 5) is 24.1.